The Labute approximate surface area is 151 Å². The molecule has 0 aromatic carbocycles. The fraction of sp³-hybridized carbons (Fsp3) is 0.444. The minimum atomic E-state index is -0.346. The average molecular weight is 357 g/mol. The van der Waals surface area contributed by atoms with E-state index in [9.17, 15) is 9.59 Å². The Kier molecular flexibility index (Phi) is 5.03. The van der Waals surface area contributed by atoms with Crippen LogP contribution in [0.3, 0.4) is 0 Å². The van der Waals surface area contributed by atoms with Crippen molar-refractivity contribution < 1.29 is 14.3 Å². The van der Waals surface area contributed by atoms with Crippen molar-refractivity contribution in [1.82, 2.24) is 19.7 Å². The molecule has 26 heavy (non-hydrogen) atoms. The standard InChI is InChI=1S/C18H23N5O3/c1-4-26-18(25)22-6-5-14-13(10-22)8-20-9-16(14)17(24)23-12(3)15(7-19)11(2)21-23/h8-9H,4-7,10,19H2,1-3H3. The van der Waals surface area contributed by atoms with Gasteiger partial charge in [-0.15, -0.1) is 0 Å². The molecule has 2 aromatic rings. The zero-order valence-corrected chi connectivity index (χ0v) is 15.3. The summed E-state index contributed by atoms with van der Waals surface area (Å²) in [6, 6.07) is 0. The molecule has 0 fully saturated rings. The molecule has 0 aliphatic carbocycles. The van der Waals surface area contributed by atoms with E-state index in [1.54, 1.807) is 24.2 Å². The van der Waals surface area contributed by atoms with Gasteiger partial charge < -0.3 is 15.4 Å². The molecule has 0 atom stereocenters. The molecule has 1 aliphatic rings. The average Bonchev–Trinajstić information content (AvgIpc) is 2.93. The van der Waals surface area contributed by atoms with Crippen molar-refractivity contribution in [3.63, 3.8) is 0 Å². The van der Waals surface area contributed by atoms with Gasteiger partial charge in [0.2, 0.25) is 0 Å². The first-order valence-corrected chi connectivity index (χ1v) is 8.65. The molecule has 138 valence electrons. The molecular weight excluding hydrogens is 334 g/mol. The second-order valence-electron chi connectivity index (χ2n) is 6.27. The molecule has 3 rings (SSSR count). The van der Waals surface area contributed by atoms with Gasteiger partial charge in [0.15, 0.2) is 0 Å². The van der Waals surface area contributed by atoms with E-state index in [0.29, 0.717) is 38.2 Å². The number of ether oxygens (including phenoxy) is 1. The molecule has 3 heterocycles. The first kappa shape index (κ1) is 18.1. The number of aromatic nitrogens is 3. The molecule has 1 aliphatic heterocycles. The van der Waals surface area contributed by atoms with Gasteiger partial charge in [-0.1, -0.05) is 0 Å². The quantitative estimate of drug-likeness (QED) is 0.894. The predicted molar refractivity (Wildman–Crippen MR) is 94.7 cm³/mol. The van der Waals surface area contributed by atoms with Crippen LogP contribution in [0.5, 0.6) is 0 Å². The maximum absolute atomic E-state index is 13.1. The van der Waals surface area contributed by atoms with Crippen molar-refractivity contribution in [2.45, 2.75) is 40.3 Å². The summed E-state index contributed by atoms with van der Waals surface area (Å²) in [4.78, 5) is 30.8. The van der Waals surface area contributed by atoms with E-state index in [2.05, 4.69) is 10.1 Å². The van der Waals surface area contributed by atoms with Gasteiger partial charge in [-0.25, -0.2) is 9.48 Å². The van der Waals surface area contributed by atoms with Crippen LogP contribution in [0.15, 0.2) is 12.4 Å². The number of aryl methyl sites for hydroxylation is 1. The molecular formula is C18H23N5O3. The second kappa shape index (κ2) is 7.25. The molecule has 0 saturated carbocycles. The lowest BCUT2D eigenvalue weighted by atomic mass is 9.97. The zero-order valence-electron chi connectivity index (χ0n) is 15.3. The van der Waals surface area contributed by atoms with Crippen LogP contribution < -0.4 is 5.73 Å². The lowest BCUT2D eigenvalue weighted by Crippen LogP contribution is -2.37. The Hall–Kier alpha value is -2.74. The van der Waals surface area contributed by atoms with E-state index in [0.717, 1.165) is 28.1 Å². The molecule has 2 aromatic heterocycles. The van der Waals surface area contributed by atoms with Crippen LogP contribution in [0.4, 0.5) is 4.79 Å². The van der Waals surface area contributed by atoms with E-state index < -0.39 is 0 Å². The zero-order chi connectivity index (χ0) is 18.8. The largest absolute Gasteiger partial charge is 0.450 e. The third-order valence-corrected chi connectivity index (χ3v) is 4.73. The maximum atomic E-state index is 13.1. The highest BCUT2D eigenvalue weighted by Gasteiger charge is 2.27. The van der Waals surface area contributed by atoms with Gasteiger partial charge in [0, 0.05) is 36.7 Å². The number of fused-ring (bicyclic) bond motifs is 1. The van der Waals surface area contributed by atoms with E-state index in [4.69, 9.17) is 10.5 Å². The lowest BCUT2D eigenvalue weighted by molar-refractivity contribution is 0.0938. The Morgan fingerprint density at radius 2 is 2.08 bits per heavy atom. The molecule has 0 unspecified atom stereocenters. The number of nitrogens with zero attached hydrogens (tertiary/aromatic N) is 4. The minimum Gasteiger partial charge on any atom is -0.450 e. The van der Waals surface area contributed by atoms with Crippen LogP contribution in [0.2, 0.25) is 0 Å². The normalized spacial score (nSPS) is 13.5. The molecule has 8 nitrogen and oxygen atoms in total. The Morgan fingerprint density at radius 3 is 2.73 bits per heavy atom. The molecule has 0 spiro atoms. The minimum absolute atomic E-state index is 0.223. The third-order valence-electron chi connectivity index (χ3n) is 4.73. The summed E-state index contributed by atoms with van der Waals surface area (Å²) in [5.41, 5.74) is 10.4. The highest BCUT2D eigenvalue weighted by atomic mass is 16.6. The van der Waals surface area contributed by atoms with Gasteiger partial charge in [0.05, 0.1) is 24.4 Å². The van der Waals surface area contributed by atoms with Crippen LogP contribution in [0.25, 0.3) is 0 Å². The maximum Gasteiger partial charge on any atom is 0.410 e. The third kappa shape index (κ3) is 3.08. The van der Waals surface area contributed by atoms with Crippen molar-refractivity contribution in [2.75, 3.05) is 13.2 Å². The number of carbonyl (C=O) groups excluding carboxylic acids is 2. The fourth-order valence-corrected chi connectivity index (χ4v) is 3.33. The Bertz CT molecular complexity index is 859. The highest BCUT2D eigenvalue weighted by Crippen LogP contribution is 2.24. The summed E-state index contributed by atoms with van der Waals surface area (Å²) >= 11 is 0. The van der Waals surface area contributed by atoms with E-state index in [1.807, 2.05) is 13.8 Å². The van der Waals surface area contributed by atoms with Crippen LogP contribution in [0, 0.1) is 13.8 Å². The topological polar surface area (TPSA) is 103 Å². The van der Waals surface area contributed by atoms with Crippen molar-refractivity contribution in [3.8, 4) is 0 Å². The van der Waals surface area contributed by atoms with E-state index >= 15 is 0 Å². The van der Waals surface area contributed by atoms with Crippen molar-refractivity contribution in [1.29, 1.82) is 0 Å². The highest BCUT2D eigenvalue weighted by molar-refractivity contribution is 5.97. The number of rotatable bonds is 3. The van der Waals surface area contributed by atoms with Gasteiger partial charge in [0.25, 0.3) is 5.91 Å². The van der Waals surface area contributed by atoms with E-state index in [-0.39, 0.29) is 12.0 Å². The Morgan fingerprint density at radius 1 is 1.31 bits per heavy atom. The van der Waals surface area contributed by atoms with Crippen LogP contribution in [-0.4, -0.2) is 44.8 Å². The van der Waals surface area contributed by atoms with Crippen LogP contribution in [-0.2, 0) is 24.2 Å². The molecule has 0 saturated heterocycles. The first-order chi connectivity index (χ1) is 12.5. The van der Waals surface area contributed by atoms with E-state index in [1.165, 1.54) is 4.68 Å². The molecule has 2 N–H and O–H groups in total. The van der Waals surface area contributed by atoms with Gasteiger partial charge >= 0.3 is 6.09 Å². The molecule has 8 heteroatoms. The summed E-state index contributed by atoms with van der Waals surface area (Å²) in [6.45, 7) is 7.01. The molecule has 1 amide bonds. The molecule has 0 bridgehead atoms. The van der Waals surface area contributed by atoms with Gasteiger partial charge in [-0.05, 0) is 38.3 Å². The number of hydrogen-bond acceptors (Lipinski definition) is 6. The van der Waals surface area contributed by atoms with Gasteiger partial charge in [-0.3, -0.25) is 9.78 Å². The monoisotopic (exact) mass is 357 g/mol. The predicted octanol–water partition coefficient (Wildman–Crippen LogP) is 1.56. The number of pyridine rings is 1. The summed E-state index contributed by atoms with van der Waals surface area (Å²) in [5, 5.41) is 4.35. The Balaban J connectivity index is 1.93. The number of hydrogen-bond donors (Lipinski definition) is 1. The summed E-state index contributed by atoms with van der Waals surface area (Å²) in [6.07, 6.45) is 3.49. The number of amides is 1. The van der Waals surface area contributed by atoms with Gasteiger partial charge in [-0.2, -0.15) is 5.10 Å². The smallest absolute Gasteiger partial charge is 0.410 e. The van der Waals surface area contributed by atoms with Crippen LogP contribution in [0.1, 0.15) is 45.4 Å². The van der Waals surface area contributed by atoms with Crippen molar-refractivity contribution in [3.05, 3.63) is 46.0 Å². The summed E-state index contributed by atoms with van der Waals surface area (Å²) in [7, 11) is 0. The molecule has 0 radical (unpaired) electrons. The first-order valence-electron chi connectivity index (χ1n) is 8.65. The lowest BCUT2D eigenvalue weighted by Gasteiger charge is -2.28. The fourth-order valence-electron chi connectivity index (χ4n) is 3.33. The number of nitrogens with two attached hydrogens (primary N) is 1. The van der Waals surface area contributed by atoms with Crippen LogP contribution >= 0.6 is 0 Å². The second-order valence-corrected chi connectivity index (χ2v) is 6.27. The summed E-state index contributed by atoms with van der Waals surface area (Å²) < 4.78 is 6.46. The number of carbonyl (C=O) groups is 2. The van der Waals surface area contributed by atoms with Crippen molar-refractivity contribution in [2.24, 2.45) is 5.73 Å². The summed E-state index contributed by atoms with van der Waals surface area (Å²) in [5.74, 6) is -0.223. The van der Waals surface area contributed by atoms with Gasteiger partial charge in [0.1, 0.15) is 0 Å². The SMILES string of the molecule is CCOC(=O)N1CCc2c(cncc2C(=O)n2nc(C)c(CN)c2C)C1. The van der Waals surface area contributed by atoms with Crippen molar-refractivity contribution >= 4 is 12.0 Å².